The number of carbonyl (C=O) groups excluding carboxylic acids is 1. The molecule has 0 radical (unpaired) electrons. The van der Waals surface area contributed by atoms with Crippen molar-refractivity contribution in [1.29, 1.82) is 0 Å². The third-order valence-electron chi connectivity index (χ3n) is 4.02. The van der Waals surface area contributed by atoms with Gasteiger partial charge in [0.15, 0.2) is 6.29 Å². The average Bonchev–Trinajstić information content (AvgIpc) is 2.64. The van der Waals surface area contributed by atoms with Crippen LogP contribution in [0.25, 0.3) is 10.8 Å². The summed E-state index contributed by atoms with van der Waals surface area (Å²) in [5, 5.41) is 0.0599. The molecule has 0 aliphatic heterocycles. The van der Waals surface area contributed by atoms with Gasteiger partial charge in [-0.2, -0.15) is 13.2 Å². The Kier molecular flexibility index (Phi) is 4.84. The topological polar surface area (TPSA) is 35.5 Å². The molecular formula is C20H15F3O3. The molecule has 26 heavy (non-hydrogen) atoms. The summed E-state index contributed by atoms with van der Waals surface area (Å²) >= 11 is 0. The zero-order valence-corrected chi connectivity index (χ0v) is 13.8. The smallest absolute Gasteiger partial charge is 0.420 e. The second kappa shape index (κ2) is 7.07. The van der Waals surface area contributed by atoms with Gasteiger partial charge in [0.25, 0.3) is 0 Å². The van der Waals surface area contributed by atoms with E-state index in [1.807, 2.05) is 30.3 Å². The van der Waals surface area contributed by atoms with Crippen molar-refractivity contribution in [2.75, 3.05) is 7.11 Å². The van der Waals surface area contributed by atoms with Crippen molar-refractivity contribution >= 4 is 17.1 Å². The predicted octanol–water partition coefficient (Wildman–Crippen LogP) is 5.26. The number of methoxy groups -OCH3 is 1. The third kappa shape index (κ3) is 3.35. The van der Waals surface area contributed by atoms with Gasteiger partial charge in [-0.1, -0.05) is 30.3 Å². The van der Waals surface area contributed by atoms with E-state index in [0.29, 0.717) is 6.29 Å². The first-order chi connectivity index (χ1) is 12.5. The van der Waals surface area contributed by atoms with Gasteiger partial charge in [0, 0.05) is 0 Å². The van der Waals surface area contributed by atoms with E-state index in [1.54, 1.807) is 0 Å². The first-order valence-electron chi connectivity index (χ1n) is 7.78. The Labute approximate surface area is 148 Å². The zero-order valence-electron chi connectivity index (χ0n) is 13.8. The van der Waals surface area contributed by atoms with Gasteiger partial charge in [-0.3, -0.25) is 4.79 Å². The van der Waals surface area contributed by atoms with Crippen LogP contribution in [0.15, 0.2) is 54.6 Å². The molecule has 0 atom stereocenters. The van der Waals surface area contributed by atoms with Gasteiger partial charge < -0.3 is 9.47 Å². The maximum atomic E-state index is 13.5. The molecule has 0 N–H and O–H groups in total. The van der Waals surface area contributed by atoms with Crippen LogP contribution in [0, 0.1) is 0 Å². The summed E-state index contributed by atoms with van der Waals surface area (Å²) in [7, 11) is 1.17. The highest BCUT2D eigenvalue weighted by atomic mass is 19.4. The summed E-state index contributed by atoms with van der Waals surface area (Å²) < 4.78 is 50.9. The fourth-order valence-electron chi connectivity index (χ4n) is 2.83. The first kappa shape index (κ1) is 17.8. The molecule has 0 spiro atoms. The lowest BCUT2D eigenvalue weighted by molar-refractivity contribution is -0.137. The van der Waals surface area contributed by atoms with Crippen LogP contribution < -0.4 is 9.47 Å². The van der Waals surface area contributed by atoms with Crippen molar-refractivity contribution < 1.29 is 27.4 Å². The zero-order chi connectivity index (χ0) is 18.7. The number of alkyl halides is 3. The van der Waals surface area contributed by atoms with E-state index in [-0.39, 0.29) is 34.4 Å². The lowest BCUT2D eigenvalue weighted by Crippen LogP contribution is -2.09. The monoisotopic (exact) mass is 360 g/mol. The summed E-state index contributed by atoms with van der Waals surface area (Å²) in [6.07, 6.45) is -4.10. The molecule has 3 aromatic carbocycles. The molecule has 0 heterocycles. The molecule has 3 aromatic rings. The molecule has 0 saturated carbocycles. The number of hydrogen-bond donors (Lipinski definition) is 0. The fourth-order valence-corrected chi connectivity index (χ4v) is 2.83. The quantitative estimate of drug-likeness (QED) is 0.582. The molecule has 0 saturated heterocycles. The van der Waals surface area contributed by atoms with E-state index in [4.69, 9.17) is 9.47 Å². The maximum Gasteiger partial charge on any atom is 0.420 e. The molecule has 0 aliphatic rings. The second-order valence-electron chi connectivity index (χ2n) is 5.61. The molecule has 0 amide bonds. The van der Waals surface area contributed by atoms with Crippen molar-refractivity contribution in [2.24, 2.45) is 0 Å². The number of fused-ring (bicyclic) bond motifs is 1. The Bertz CT molecular complexity index is 934. The van der Waals surface area contributed by atoms with Crippen molar-refractivity contribution in [3.63, 3.8) is 0 Å². The first-order valence-corrected chi connectivity index (χ1v) is 7.78. The van der Waals surface area contributed by atoms with Gasteiger partial charge in [0.05, 0.1) is 12.7 Å². The standard InChI is InChI=1S/C20H15F3O3/c1-25-18-10-7-14-15(19(18)20(21,22)23)8-9-17(16(14)11-24)26-12-13-5-3-2-4-6-13/h2-11H,12H2,1H3. The Balaban J connectivity index is 2.09. The molecule has 0 unspecified atom stereocenters. The Morgan fingerprint density at radius 1 is 0.923 bits per heavy atom. The summed E-state index contributed by atoms with van der Waals surface area (Å²) in [6.45, 7) is 0.204. The molecule has 3 nitrogen and oxygen atoms in total. The molecule has 3 rings (SSSR count). The van der Waals surface area contributed by atoms with Crippen LogP contribution in [-0.4, -0.2) is 13.4 Å². The summed E-state index contributed by atoms with van der Waals surface area (Å²) in [5.41, 5.74) is 0.0527. The number of benzene rings is 3. The van der Waals surface area contributed by atoms with Crippen LogP contribution in [-0.2, 0) is 12.8 Å². The van der Waals surface area contributed by atoms with E-state index in [2.05, 4.69) is 0 Å². The van der Waals surface area contributed by atoms with Gasteiger partial charge >= 0.3 is 6.18 Å². The highest BCUT2D eigenvalue weighted by Gasteiger charge is 2.36. The highest BCUT2D eigenvalue weighted by Crippen LogP contribution is 2.43. The number of aldehydes is 1. The van der Waals surface area contributed by atoms with E-state index in [9.17, 15) is 18.0 Å². The highest BCUT2D eigenvalue weighted by molar-refractivity contribution is 6.03. The Hall–Kier alpha value is -3.02. The molecule has 0 aliphatic carbocycles. The Morgan fingerprint density at radius 3 is 2.19 bits per heavy atom. The molecular weight excluding hydrogens is 345 g/mol. The third-order valence-corrected chi connectivity index (χ3v) is 4.02. The van der Waals surface area contributed by atoms with Crippen molar-refractivity contribution in [3.05, 3.63) is 71.3 Å². The van der Waals surface area contributed by atoms with E-state index in [1.165, 1.54) is 31.4 Å². The number of ether oxygens (including phenoxy) is 2. The minimum Gasteiger partial charge on any atom is -0.496 e. The average molecular weight is 360 g/mol. The molecule has 0 fully saturated rings. The Morgan fingerprint density at radius 2 is 1.58 bits per heavy atom. The number of halogens is 3. The van der Waals surface area contributed by atoms with Crippen molar-refractivity contribution in [1.82, 2.24) is 0 Å². The summed E-state index contributed by atoms with van der Waals surface area (Å²) in [5.74, 6) is -0.0607. The minimum atomic E-state index is -4.61. The number of carbonyl (C=O) groups is 1. The molecule has 134 valence electrons. The normalized spacial score (nSPS) is 11.4. The lowest BCUT2D eigenvalue weighted by Gasteiger charge is -2.17. The van der Waals surface area contributed by atoms with Crippen LogP contribution >= 0.6 is 0 Å². The fraction of sp³-hybridized carbons (Fsp3) is 0.150. The van der Waals surface area contributed by atoms with Crippen molar-refractivity contribution in [2.45, 2.75) is 12.8 Å². The lowest BCUT2D eigenvalue weighted by atomic mass is 9.98. The number of hydrogen-bond acceptors (Lipinski definition) is 3. The largest absolute Gasteiger partial charge is 0.496 e. The van der Waals surface area contributed by atoms with Crippen LogP contribution in [0.1, 0.15) is 21.5 Å². The van der Waals surface area contributed by atoms with Crippen LogP contribution in [0.3, 0.4) is 0 Å². The van der Waals surface area contributed by atoms with Crippen molar-refractivity contribution in [3.8, 4) is 11.5 Å². The van der Waals surface area contributed by atoms with Gasteiger partial charge in [-0.15, -0.1) is 0 Å². The summed E-state index contributed by atoms with van der Waals surface area (Å²) in [6, 6.07) is 14.6. The second-order valence-corrected chi connectivity index (χ2v) is 5.61. The van der Waals surface area contributed by atoms with Gasteiger partial charge in [-0.05, 0) is 40.6 Å². The van der Waals surface area contributed by atoms with E-state index in [0.717, 1.165) is 5.56 Å². The number of rotatable bonds is 5. The van der Waals surface area contributed by atoms with E-state index < -0.39 is 11.7 Å². The van der Waals surface area contributed by atoms with E-state index >= 15 is 0 Å². The van der Waals surface area contributed by atoms with Gasteiger partial charge in [0.1, 0.15) is 23.7 Å². The van der Waals surface area contributed by atoms with Crippen LogP contribution in [0.5, 0.6) is 11.5 Å². The maximum absolute atomic E-state index is 13.5. The van der Waals surface area contributed by atoms with Gasteiger partial charge in [0.2, 0.25) is 0 Å². The van der Waals surface area contributed by atoms with Gasteiger partial charge in [-0.25, -0.2) is 0 Å². The molecule has 6 heteroatoms. The molecule has 0 bridgehead atoms. The predicted molar refractivity (Wildman–Crippen MR) is 91.7 cm³/mol. The van der Waals surface area contributed by atoms with Crippen LogP contribution in [0.4, 0.5) is 13.2 Å². The SMILES string of the molecule is COc1ccc2c(C=O)c(OCc3ccccc3)ccc2c1C(F)(F)F. The summed E-state index contributed by atoms with van der Waals surface area (Å²) in [4.78, 5) is 11.6. The minimum absolute atomic E-state index is 0.0755. The van der Waals surface area contributed by atoms with Crippen LogP contribution in [0.2, 0.25) is 0 Å². The molecule has 0 aromatic heterocycles.